The Bertz CT molecular complexity index is 205. The summed E-state index contributed by atoms with van der Waals surface area (Å²) in [5.41, 5.74) is 2.39. The number of nitrogens with one attached hydrogen (secondary N) is 1. The van der Waals surface area contributed by atoms with Gasteiger partial charge in [0.05, 0.1) is 0 Å². The summed E-state index contributed by atoms with van der Waals surface area (Å²) in [6, 6.07) is 0.0836. The molecule has 3 N–H and O–H groups in total. The largest absolute Gasteiger partial charge is 0.312 e. The molecule has 0 bridgehead atoms. The number of amidine groups is 1. The van der Waals surface area contributed by atoms with Crippen molar-refractivity contribution in [1.82, 2.24) is 5.43 Å². The van der Waals surface area contributed by atoms with Crippen molar-refractivity contribution in [3.8, 4) is 0 Å². The van der Waals surface area contributed by atoms with Gasteiger partial charge in [-0.3, -0.25) is 4.99 Å². The summed E-state index contributed by atoms with van der Waals surface area (Å²) in [6.07, 6.45) is -0.272. The second kappa shape index (κ2) is 3.57. The van der Waals surface area contributed by atoms with E-state index in [-0.39, 0.29) is 24.8 Å². The quantitative estimate of drug-likeness (QED) is 0.299. The number of alkyl halides is 2. The van der Waals surface area contributed by atoms with E-state index >= 15 is 0 Å². The SMILES string of the molecule is CC(C)N=C(NN)C1CC(F)(F)C1. The van der Waals surface area contributed by atoms with Crippen molar-refractivity contribution < 1.29 is 8.78 Å². The van der Waals surface area contributed by atoms with E-state index in [0.717, 1.165) is 0 Å². The van der Waals surface area contributed by atoms with Crippen LogP contribution in [-0.2, 0) is 0 Å². The van der Waals surface area contributed by atoms with E-state index in [4.69, 9.17) is 5.84 Å². The molecule has 0 radical (unpaired) electrons. The molecule has 0 aliphatic heterocycles. The van der Waals surface area contributed by atoms with Crippen molar-refractivity contribution in [3.63, 3.8) is 0 Å². The van der Waals surface area contributed by atoms with Crippen LogP contribution in [0.3, 0.4) is 0 Å². The minimum absolute atomic E-state index is 0.0836. The number of aliphatic imine (C=N–C) groups is 1. The van der Waals surface area contributed by atoms with Gasteiger partial charge in [0.1, 0.15) is 5.84 Å². The lowest BCUT2D eigenvalue weighted by atomic mass is 9.80. The molecule has 1 aliphatic rings. The highest BCUT2D eigenvalue weighted by Crippen LogP contribution is 2.42. The molecular weight excluding hydrogens is 176 g/mol. The number of nitrogens with two attached hydrogens (primary N) is 1. The molecule has 1 saturated carbocycles. The zero-order valence-electron chi connectivity index (χ0n) is 7.85. The first kappa shape index (κ1) is 10.4. The lowest BCUT2D eigenvalue weighted by Crippen LogP contribution is -2.47. The highest BCUT2D eigenvalue weighted by molar-refractivity contribution is 5.85. The normalized spacial score (nSPS) is 23.1. The van der Waals surface area contributed by atoms with E-state index in [9.17, 15) is 8.78 Å². The first-order valence-electron chi connectivity index (χ1n) is 4.37. The van der Waals surface area contributed by atoms with Gasteiger partial charge in [-0.2, -0.15) is 0 Å². The molecule has 1 fully saturated rings. The summed E-state index contributed by atoms with van der Waals surface area (Å²) in [6.45, 7) is 3.77. The lowest BCUT2D eigenvalue weighted by molar-refractivity contribution is -0.0917. The second-order valence-corrected chi connectivity index (χ2v) is 3.71. The molecule has 13 heavy (non-hydrogen) atoms. The predicted octanol–water partition coefficient (Wildman–Crippen LogP) is 1.30. The van der Waals surface area contributed by atoms with Gasteiger partial charge >= 0.3 is 0 Å². The van der Waals surface area contributed by atoms with Gasteiger partial charge in [-0.15, -0.1) is 0 Å². The second-order valence-electron chi connectivity index (χ2n) is 3.71. The number of halogens is 2. The number of hydrazine groups is 1. The Morgan fingerprint density at radius 2 is 2.08 bits per heavy atom. The van der Waals surface area contributed by atoms with Crippen molar-refractivity contribution in [2.75, 3.05) is 0 Å². The van der Waals surface area contributed by atoms with Crippen LogP contribution in [0.25, 0.3) is 0 Å². The number of hydrogen-bond donors (Lipinski definition) is 2. The minimum Gasteiger partial charge on any atom is -0.312 e. The Hall–Kier alpha value is -0.710. The van der Waals surface area contributed by atoms with Crippen LogP contribution in [0.15, 0.2) is 4.99 Å². The van der Waals surface area contributed by atoms with E-state index in [0.29, 0.717) is 5.84 Å². The van der Waals surface area contributed by atoms with E-state index in [1.807, 2.05) is 13.8 Å². The standard InChI is InChI=1S/C8H15F2N3/c1-5(2)12-7(13-11)6-3-8(9,10)4-6/h5-6H,3-4,11H2,1-2H3,(H,12,13). The Balaban J connectivity index is 2.51. The minimum atomic E-state index is -2.51. The van der Waals surface area contributed by atoms with Gasteiger partial charge in [-0.05, 0) is 13.8 Å². The summed E-state index contributed by atoms with van der Waals surface area (Å²) in [5, 5.41) is 0. The van der Waals surface area contributed by atoms with Crippen molar-refractivity contribution in [2.45, 2.75) is 38.7 Å². The molecule has 0 saturated heterocycles. The van der Waals surface area contributed by atoms with E-state index < -0.39 is 5.92 Å². The van der Waals surface area contributed by atoms with Crippen LogP contribution >= 0.6 is 0 Å². The molecule has 0 spiro atoms. The molecule has 0 aromatic rings. The topological polar surface area (TPSA) is 50.4 Å². The molecule has 1 rings (SSSR count). The third-order valence-corrected chi connectivity index (χ3v) is 2.02. The maximum Gasteiger partial charge on any atom is 0.249 e. The number of hydrogen-bond acceptors (Lipinski definition) is 2. The van der Waals surface area contributed by atoms with Crippen molar-refractivity contribution in [2.24, 2.45) is 16.8 Å². The molecule has 1 aliphatic carbocycles. The monoisotopic (exact) mass is 191 g/mol. The fourth-order valence-electron chi connectivity index (χ4n) is 1.39. The molecule has 5 heteroatoms. The van der Waals surface area contributed by atoms with Gasteiger partial charge in [-0.1, -0.05) is 0 Å². The summed E-state index contributed by atoms with van der Waals surface area (Å²) in [5.74, 6) is 2.99. The first-order chi connectivity index (χ1) is 5.94. The zero-order chi connectivity index (χ0) is 10.1. The fraction of sp³-hybridized carbons (Fsp3) is 0.875. The Labute approximate surface area is 76.4 Å². The van der Waals surface area contributed by atoms with E-state index in [1.165, 1.54) is 0 Å². The van der Waals surface area contributed by atoms with E-state index in [2.05, 4.69) is 10.4 Å². The highest BCUT2D eigenvalue weighted by atomic mass is 19.3. The average Bonchev–Trinajstić information content (AvgIpc) is 1.95. The number of nitrogens with zero attached hydrogens (tertiary/aromatic N) is 1. The molecule has 76 valence electrons. The maximum absolute atomic E-state index is 12.5. The third kappa shape index (κ3) is 2.62. The van der Waals surface area contributed by atoms with Crippen LogP contribution in [0.2, 0.25) is 0 Å². The lowest BCUT2D eigenvalue weighted by Gasteiger charge is -2.35. The molecule has 0 aromatic heterocycles. The highest BCUT2D eigenvalue weighted by Gasteiger charge is 2.47. The van der Waals surface area contributed by atoms with E-state index in [1.54, 1.807) is 0 Å². The zero-order valence-corrected chi connectivity index (χ0v) is 7.85. The van der Waals surface area contributed by atoms with Crippen molar-refractivity contribution in [3.05, 3.63) is 0 Å². The van der Waals surface area contributed by atoms with Crippen LogP contribution in [-0.4, -0.2) is 17.8 Å². The van der Waals surface area contributed by atoms with Crippen molar-refractivity contribution in [1.29, 1.82) is 0 Å². The third-order valence-electron chi connectivity index (χ3n) is 2.02. The molecule has 0 aromatic carbocycles. The van der Waals surface area contributed by atoms with Crippen LogP contribution < -0.4 is 11.3 Å². The average molecular weight is 191 g/mol. The van der Waals surface area contributed by atoms with Gasteiger partial charge in [0.2, 0.25) is 5.92 Å². The van der Waals surface area contributed by atoms with Crippen molar-refractivity contribution >= 4 is 5.84 Å². The molecule has 0 heterocycles. The van der Waals surface area contributed by atoms with Gasteiger partial charge in [0.15, 0.2) is 0 Å². The Morgan fingerprint density at radius 3 is 2.38 bits per heavy atom. The van der Waals surface area contributed by atoms with Gasteiger partial charge < -0.3 is 5.43 Å². The summed E-state index contributed by atoms with van der Waals surface area (Å²) >= 11 is 0. The van der Waals surface area contributed by atoms with Gasteiger partial charge in [0, 0.05) is 24.8 Å². The molecule has 0 unspecified atom stereocenters. The van der Waals surface area contributed by atoms with Gasteiger partial charge in [0.25, 0.3) is 0 Å². The van der Waals surface area contributed by atoms with Crippen LogP contribution in [0, 0.1) is 5.92 Å². The molecule has 3 nitrogen and oxygen atoms in total. The summed E-state index contributed by atoms with van der Waals surface area (Å²) in [7, 11) is 0. The molecular formula is C8H15F2N3. The van der Waals surface area contributed by atoms with Gasteiger partial charge in [-0.25, -0.2) is 14.6 Å². The Morgan fingerprint density at radius 1 is 1.54 bits per heavy atom. The smallest absolute Gasteiger partial charge is 0.249 e. The fourth-order valence-corrected chi connectivity index (χ4v) is 1.39. The number of rotatable bonds is 2. The van der Waals surface area contributed by atoms with Crippen LogP contribution in [0.5, 0.6) is 0 Å². The Kier molecular flexibility index (Phi) is 2.85. The van der Waals surface area contributed by atoms with Crippen LogP contribution in [0.4, 0.5) is 8.78 Å². The molecule has 0 amide bonds. The summed E-state index contributed by atoms with van der Waals surface area (Å²) < 4.78 is 25.0. The maximum atomic E-state index is 12.5. The molecule has 0 atom stereocenters. The van der Waals surface area contributed by atoms with Crippen LogP contribution in [0.1, 0.15) is 26.7 Å². The predicted molar refractivity (Wildman–Crippen MR) is 47.6 cm³/mol. The summed E-state index contributed by atoms with van der Waals surface area (Å²) in [4.78, 5) is 4.13. The first-order valence-corrected chi connectivity index (χ1v) is 4.37.